The normalized spacial score (nSPS) is 14.8. The van der Waals surface area contributed by atoms with E-state index in [0.29, 0.717) is 50.7 Å². The molecule has 2 heterocycles. The second-order valence-corrected chi connectivity index (χ2v) is 12.9. The van der Waals surface area contributed by atoms with Crippen molar-refractivity contribution in [2.75, 3.05) is 39.4 Å². The van der Waals surface area contributed by atoms with E-state index in [-0.39, 0.29) is 35.5 Å². The maximum absolute atomic E-state index is 13.7. The average Bonchev–Trinajstić information content (AvgIpc) is 3.34. The lowest BCUT2D eigenvalue weighted by Gasteiger charge is -2.30. The molecule has 8 nitrogen and oxygen atoms in total. The highest BCUT2D eigenvalue weighted by molar-refractivity contribution is 7.90. The minimum absolute atomic E-state index is 0.0454. The fourth-order valence-electron chi connectivity index (χ4n) is 4.89. The summed E-state index contributed by atoms with van der Waals surface area (Å²) in [5.41, 5.74) is 1.36. The van der Waals surface area contributed by atoms with Crippen LogP contribution in [0.1, 0.15) is 46.6 Å². The fourth-order valence-corrected chi connectivity index (χ4v) is 6.49. The van der Waals surface area contributed by atoms with Gasteiger partial charge in [0.1, 0.15) is 0 Å². The van der Waals surface area contributed by atoms with Crippen molar-refractivity contribution in [2.24, 2.45) is 5.92 Å². The number of amides is 1. The Morgan fingerprint density at radius 2 is 1.74 bits per heavy atom. The van der Waals surface area contributed by atoms with Gasteiger partial charge in [-0.25, -0.2) is 13.4 Å². The van der Waals surface area contributed by atoms with Gasteiger partial charge in [0.2, 0.25) is 15.0 Å². The molecule has 1 aliphatic heterocycles. The van der Waals surface area contributed by atoms with Crippen molar-refractivity contribution in [3.05, 3.63) is 82.7 Å². The lowest BCUT2D eigenvalue weighted by Crippen LogP contribution is -2.43. The number of nitrogens with zero attached hydrogens (tertiary/aromatic N) is 4. The highest BCUT2D eigenvalue weighted by Gasteiger charge is 2.31. The molecule has 0 unspecified atom stereocenters. The predicted octanol–water partition coefficient (Wildman–Crippen LogP) is 4.81. The topological polar surface area (TPSA) is 84.7 Å². The Balaban J connectivity index is 1.65. The number of ether oxygens (including phenoxy) is 1. The first-order valence-electron chi connectivity index (χ1n) is 13.9. The van der Waals surface area contributed by atoms with Gasteiger partial charge in [-0.1, -0.05) is 38.1 Å². The lowest BCUT2D eigenvalue weighted by atomic mass is 10.1. The molecule has 3 aromatic rings. The number of aryl methyl sites for hydroxylation is 1. The fraction of sp³-hybridized carbons (Fsp3) is 0.467. The number of hydrogen-bond donors (Lipinski definition) is 0. The summed E-state index contributed by atoms with van der Waals surface area (Å²) in [5, 5.41) is -0.0652. The number of benzene rings is 2. The number of alkyl halides is 3. The van der Waals surface area contributed by atoms with E-state index >= 15 is 0 Å². The molecule has 1 fully saturated rings. The van der Waals surface area contributed by atoms with Crippen molar-refractivity contribution in [1.29, 1.82) is 0 Å². The van der Waals surface area contributed by atoms with Gasteiger partial charge in [-0.15, -0.1) is 0 Å². The third-order valence-electron chi connectivity index (χ3n) is 7.22. The molecule has 1 aromatic heterocycles. The van der Waals surface area contributed by atoms with Crippen LogP contribution >= 0.6 is 0 Å². The van der Waals surface area contributed by atoms with Crippen LogP contribution in [0.25, 0.3) is 0 Å². The second-order valence-electron chi connectivity index (χ2n) is 11.0. The van der Waals surface area contributed by atoms with Gasteiger partial charge in [0.15, 0.2) is 0 Å². The Morgan fingerprint density at radius 1 is 1.07 bits per heavy atom. The largest absolute Gasteiger partial charge is 0.416 e. The van der Waals surface area contributed by atoms with E-state index < -0.39 is 27.5 Å². The number of rotatable bonds is 11. The predicted molar refractivity (Wildman–Crippen MR) is 153 cm³/mol. The van der Waals surface area contributed by atoms with Crippen LogP contribution in [-0.4, -0.2) is 73.1 Å². The van der Waals surface area contributed by atoms with Crippen LogP contribution in [0, 0.1) is 12.8 Å². The lowest BCUT2D eigenvalue weighted by molar-refractivity contribution is -0.137. The molecule has 0 aliphatic carbocycles. The number of aromatic nitrogens is 2. The molecule has 228 valence electrons. The maximum Gasteiger partial charge on any atom is 0.416 e. The van der Waals surface area contributed by atoms with Crippen LogP contribution in [0.2, 0.25) is 0 Å². The number of imidazole rings is 1. The minimum atomic E-state index is -4.51. The van der Waals surface area contributed by atoms with Gasteiger partial charge in [-0.2, -0.15) is 13.2 Å². The van der Waals surface area contributed by atoms with Crippen LogP contribution in [0.4, 0.5) is 13.2 Å². The second kappa shape index (κ2) is 13.4. The number of halogens is 3. The van der Waals surface area contributed by atoms with Crippen molar-refractivity contribution < 1.29 is 31.1 Å². The summed E-state index contributed by atoms with van der Waals surface area (Å²) in [7, 11) is -3.83. The van der Waals surface area contributed by atoms with E-state index in [1.54, 1.807) is 21.6 Å². The smallest absolute Gasteiger partial charge is 0.379 e. The molecule has 1 amide bonds. The number of morpholine rings is 1. The molecule has 0 N–H and O–H groups in total. The highest BCUT2D eigenvalue weighted by Crippen LogP contribution is 2.29. The molecular formula is C30H37F3N4O4S. The van der Waals surface area contributed by atoms with Crippen molar-refractivity contribution in [3.8, 4) is 0 Å². The van der Waals surface area contributed by atoms with Crippen LogP contribution in [0.5, 0.6) is 0 Å². The Kier molecular flexibility index (Phi) is 10.1. The minimum Gasteiger partial charge on any atom is -0.379 e. The van der Waals surface area contributed by atoms with Crippen LogP contribution in [0.15, 0.2) is 59.9 Å². The molecular weight excluding hydrogens is 569 g/mol. The van der Waals surface area contributed by atoms with Gasteiger partial charge in [0.25, 0.3) is 5.91 Å². The molecule has 1 saturated heterocycles. The zero-order chi connectivity index (χ0) is 30.5. The number of sulfone groups is 1. The van der Waals surface area contributed by atoms with E-state index in [1.807, 2.05) is 32.9 Å². The molecule has 42 heavy (non-hydrogen) atoms. The first-order valence-corrected chi connectivity index (χ1v) is 15.6. The van der Waals surface area contributed by atoms with E-state index in [9.17, 15) is 26.4 Å². The Bertz CT molecular complexity index is 1460. The van der Waals surface area contributed by atoms with Gasteiger partial charge in [0, 0.05) is 38.3 Å². The molecule has 0 radical (unpaired) electrons. The van der Waals surface area contributed by atoms with Crippen molar-refractivity contribution in [2.45, 2.75) is 50.9 Å². The summed E-state index contributed by atoms with van der Waals surface area (Å²) in [4.78, 5) is 21.7. The van der Waals surface area contributed by atoms with Crippen LogP contribution < -0.4 is 0 Å². The first kappa shape index (κ1) is 31.7. The maximum atomic E-state index is 13.7. The molecule has 12 heteroatoms. The van der Waals surface area contributed by atoms with Gasteiger partial charge < -0.3 is 14.2 Å². The van der Waals surface area contributed by atoms with Gasteiger partial charge in [-0.05, 0) is 48.2 Å². The third kappa shape index (κ3) is 7.99. The van der Waals surface area contributed by atoms with Crippen LogP contribution in [0.3, 0.4) is 0 Å². The van der Waals surface area contributed by atoms with Gasteiger partial charge in [0.05, 0.1) is 43.0 Å². The van der Waals surface area contributed by atoms with E-state index in [0.717, 1.165) is 17.7 Å². The number of hydrogen-bond acceptors (Lipinski definition) is 6. The first-order chi connectivity index (χ1) is 19.8. The zero-order valence-corrected chi connectivity index (χ0v) is 24.9. The van der Waals surface area contributed by atoms with E-state index in [2.05, 4.69) is 9.88 Å². The number of carbonyl (C=O) groups is 1. The molecule has 1 aliphatic rings. The molecule has 2 aromatic carbocycles. The Hall–Kier alpha value is -3.22. The third-order valence-corrected chi connectivity index (χ3v) is 8.80. The standard InChI is InChI=1S/C30H37F3N4O4S/c1-22(2)19-37-27(18-34-29(37)42(39,40)21-25-7-5-4-6-23(25)3)20-36(13-12-35-14-16-41-17-15-35)28(38)24-8-10-26(11-9-24)30(31,32)33/h4-11,18,22H,12-17,19-21H2,1-3H3. The molecule has 0 spiro atoms. The highest BCUT2D eigenvalue weighted by atomic mass is 32.2. The summed E-state index contributed by atoms with van der Waals surface area (Å²) >= 11 is 0. The summed E-state index contributed by atoms with van der Waals surface area (Å²) < 4.78 is 73.6. The van der Waals surface area contributed by atoms with Crippen molar-refractivity contribution >= 4 is 15.7 Å². The summed E-state index contributed by atoms with van der Waals surface area (Å²) in [6.07, 6.45) is -3.03. The molecule has 0 atom stereocenters. The van der Waals surface area contributed by atoms with E-state index in [4.69, 9.17) is 4.74 Å². The SMILES string of the molecule is Cc1ccccc1CS(=O)(=O)c1ncc(CN(CCN2CCOCC2)C(=O)c2ccc(C(F)(F)F)cc2)n1CC(C)C. The van der Waals surface area contributed by atoms with E-state index in [1.165, 1.54) is 18.3 Å². The van der Waals surface area contributed by atoms with Crippen molar-refractivity contribution in [1.82, 2.24) is 19.4 Å². The Morgan fingerprint density at radius 3 is 2.36 bits per heavy atom. The Labute approximate surface area is 245 Å². The number of carbonyl (C=O) groups excluding carboxylic acids is 1. The molecule has 4 rings (SSSR count). The summed E-state index contributed by atoms with van der Waals surface area (Å²) in [5.74, 6) is -0.573. The summed E-state index contributed by atoms with van der Waals surface area (Å²) in [6, 6.07) is 11.4. The average molecular weight is 607 g/mol. The van der Waals surface area contributed by atoms with Gasteiger partial charge >= 0.3 is 6.18 Å². The quantitative estimate of drug-likeness (QED) is 0.312. The summed E-state index contributed by atoms with van der Waals surface area (Å²) in [6.45, 7) is 9.58. The van der Waals surface area contributed by atoms with Crippen molar-refractivity contribution in [3.63, 3.8) is 0 Å². The van der Waals surface area contributed by atoms with Crippen LogP contribution in [-0.2, 0) is 39.6 Å². The monoisotopic (exact) mass is 606 g/mol. The molecule has 0 bridgehead atoms. The molecule has 0 saturated carbocycles. The van der Waals surface area contributed by atoms with Gasteiger partial charge in [-0.3, -0.25) is 9.69 Å². The zero-order valence-electron chi connectivity index (χ0n) is 24.1.